The highest BCUT2D eigenvalue weighted by atomic mass is 16.6. The van der Waals surface area contributed by atoms with Crippen molar-refractivity contribution in [2.75, 3.05) is 13.2 Å². The Balaban J connectivity index is 1.47. The third kappa shape index (κ3) is 3.85. The van der Waals surface area contributed by atoms with Crippen molar-refractivity contribution in [3.8, 4) is 11.5 Å². The Bertz CT molecular complexity index is 851. The van der Waals surface area contributed by atoms with Crippen LogP contribution in [0.1, 0.15) is 47.7 Å². The van der Waals surface area contributed by atoms with Gasteiger partial charge in [0.25, 0.3) is 5.91 Å². The Labute approximate surface area is 166 Å². The van der Waals surface area contributed by atoms with E-state index in [0.29, 0.717) is 36.8 Å². The van der Waals surface area contributed by atoms with Crippen LogP contribution in [0.15, 0.2) is 42.5 Å². The van der Waals surface area contributed by atoms with Crippen molar-refractivity contribution >= 4 is 5.91 Å². The van der Waals surface area contributed by atoms with Gasteiger partial charge < -0.3 is 20.1 Å². The smallest absolute Gasteiger partial charge is 0.254 e. The molecule has 2 aromatic rings. The largest absolute Gasteiger partial charge is 0.486 e. The number of ether oxygens (including phenoxy) is 2. The van der Waals surface area contributed by atoms with Crippen LogP contribution < -0.4 is 15.2 Å². The van der Waals surface area contributed by atoms with E-state index in [-0.39, 0.29) is 18.0 Å². The molecule has 2 aliphatic heterocycles. The number of hydrogen-bond donors (Lipinski definition) is 1. The van der Waals surface area contributed by atoms with Crippen molar-refractivity contribution in [1.29, 1.82) is 0 Å². The topological polar surface area (TPSA) is 64.8 Å². The van der Waals surface area contributed by atoms with Crippen molar-refractivity contribution < 1.29 is 14.3 Å². The summed E-state index contributed by atoms with van der Waals surface area (Å²) in [5.74, 6) is 1.47. The molecule has 28 heavy (non-hydrogen) atoms. The molecular formula is C23H28N2O3. The number of rotatable bonds is 5. The third-order valence-corrected chi connectivity index (χ3v) is 5.80. The van der Waals surface area contributed by atoms with E-state index in [2.05, 4.69) is 36.1 Å². The van der Waals surface area contributed by atoms with E-state index in [4.69, 9.17) is 15.2 Å². The second-order valence-electron chi connectivity index (χ2n) is 7.71. The van der Waals surface area contributed by atoms with Crippen LogP contribution in [0.3, 0.4) is 0 Å². The first-order valence-electron chi connectivity index (χ1n) is 10.2. The normalized spacial score (nSPS) is 21.0. The predicted molar refractivity (Wildman–Crippen MR) is 109 cm³/mol. The lowest BCUT2D eigenvalue weighted by molar-refractivity contribution is 0.0671. The zero-order chi connectivity index (χ0) is 19.5. The Kier molecular flexibility index (Phi) is 5.53. The van der Waals surface area contributed by atoms with Crippen LogP contribution in [0.2, 0.25) is 0 Å². The average molecular weight is 380 g/mol. The number of benzene rings is 2. The molecule has 0 unspecified atom stereocenters. The fourth-order valence-corrected chi connectivity index (χ4v) is 4.29. The Morgan fingerprint density at radius 3 is 2.68 bits per heavy atom. The van der Waals surface area contributed by atoms with Crippen molar-refractivity contribution in [2.24, 2.45) is 5.73 Å². The molecule has 0 spiro atoms. The zero-order valence-corrected chi connectivity index (χ0v) is 16.4. The molecular weight excluding hydrogens is 352 g/mol. The first-order chi connectivity index (χ1) is 13.7. The van der Waals surface area contributed by atoms with Gasteiger partial charge in [-0.05, 0) is 61.9 Å². The van der Waals surface area contributed by atoms with Gasteiger partial charge in [0.15, 0.2) is 11.5 Å². The highest BCUT2D eigenvalue weighted by Crippen LogP contribution is 2.34. The highest BCUT2D eigenvalue weighted by Gasteiger charge is 2.34. The molecule has 4 rings (SSSR count). The summed E-state index contributed by atoms with van der Waals surface area (Å²) in [4.78, 5) is 15.3. The summed E-state index contributed by atoms with van der Waals surface area (Å²) >= 11 is 0. The number of hydrogen-bond acceptors (Lipinski definition) is 4. The number of likely N-dealkylation sites (tertiary alicyclic amines) is 1. The molecule has 5 nitrogen and oxygen atoms in total. The van der Waals surface area contributed by atoms with Gasteiger partial charge in [-0.1, -0.05) is 24.3 Å². The maximum atomic E-state index is 13.3. The van der Waals surface area contributed by atoms with Crippen molar-refractivity contribution in [2.45, 2.75) is 51.2 Å². The van der Waals surface area contributed by atoms with E-state index in [1.807, 2.05) is 18.2 Å². The molecule has 0 bridgehead atoms. The number of aryl methyl sites for hydroxylation is 1. The van der Waals surface area contributed by atoms with Crippen molar-refractivity contribution in [1.82, 2.24) is 4.90 Å². The monoisotopic (exact) mass is 380 g/mol. The van der Waals surface area contributed by atoms with E-state index in [1.165, 1.54) is 5.56 Å². The molecule has 0 saturated carbocycles. The Morgan fingerprint density at radius 2 is 1.86 bits per heavy atom. The average Bonchev–Trinajstić information content (AvgIpc) is 3.11. The summed E-state index contributed by atoms with van der Waals surface area (Å²) in [7, 11) is 0. The minimum absolute atomic E-state index is 0.0858. The van der Waals surface area contributed by atoms with Crippen LogP contribution in [-0.4, -0.2) is 36.1 Å². The fourth-order valence-electron chi connectivity index (χ4n) is 4.29. The summed E-state index contributed by atoms with van der Waals surface area (Å²) in [5, 5.41) is 0. The molecule has 2 heterocycles. The molecule has 148 valence electrons. The van der Waals surface area contributed by atoms with Crippen LogP contribution in [0.25, 0.3) is 0 Å². The van der Waals surface area contributed by atoms with Gasteiger partial charge in [0.05, 0.1) is 0 Å². The van der Waals surface area contributed by atoms with Gasteiger partial charge in [0.2, 0.25) is 0 Å². The molecule has 1 fully saturated rings. The standard InChI is InChI=1S/C23H28N2O3/c1-16-5-8-20(9-6-17-3-2-4-18(13-17)15-24)25(16)23(26)19-7-10-21-22(14-19)28-12-11-27-21/h2-4,7,10,13-14,16,20H,5-6,8-9,11-12,15,24H2,1H3/t16-,20-/m1/s1. The Morgan fingerprint density at radius 1 is 1.07 bits per heavy atom. The molecule has 0 radical (unpaired) electrons. The maximum Gasteiger partial charge on any atom is 0.254 e. The molecule has 0 aromatic heterocycles. The van der Waals surface area contributed by atoms with E-state index < -0.39 is 0 Å². The number of carbonyl (C=O) groups is 1. The third-order valence-electron chi connectivity index (χ3n) is 5.80. The van der Waals surface area contributed by atoms with Gasteiger partial charge in [-0.3, -0.25) is 4.79 Å². The fraction of sp³-hybridized carbons (Fsp3) is 0.435. The van der Waals surface area contributed by atoms with E-state index in [0.717, 1.165) is 31.2 Å². The first kappa shape index (κ1) is 18.8. The van der Waals surface area contributed by atoms with Crippen LogP contribution in [0.4, 0.5) is 0 Å². The molecule has 5 heteroatoms. The van der Waals surface area contributed by atoms with E-state index in [1.54, 1.807) is 0 Å². The zero-order valence-electron chi connectivity index (χ0n) is 16.4. The quantitative estimate of drug-likeness (QED) is 0.862. The van der Waals surface area contributed by atoms with Crippen molar-refractivity contribution in [3.05, 3.63) is 59.2 Å². The van der Waals surface area contributed by atoms with Gasteiger partial charge in [0.1, 0.15) is 13.2 Å². The molecule has 2 atom stereocenters. The summed E-state index contributed by atoms with van der Waals surface area (Å²) in [5.41, 5.74) is 8.87. The molecule has 0 aliphatic carbocycles. The van der Waals surface area contributed by atoms with Crippen LogP contribution in [0.5, 0.6) is 11.5 Å². The van der Waals surface area contributed by atoms with Crippen LogP contribution in [-0.2, 0) is 13.0 Å². The number of carbonyl (C=O) groups excluding carboxylic acids is 1. The maximum absolute atomic E-state index is 13.3. The summed E-state index contributed by atoms with van der Waals surface area (Å²) in [6.45, 7) is 3.78. The van der Waals surface area contributed by atoms with Gasteiger partial charge >= 0.3 is 0 Å². The molecule has 2 aliphatic rings. The SMILES string of the molecule is C[C@@H]1CC[C@H](CCc2cccc(CN)c2)N1C(=O)c1ccc2c(c1)OCCO2. The number of fused-ring (bicyclic) bond motifs is 1. The predicted octanol–water partition coefficient (Wildman–Crippen LogP) is 3.54. The minimum atomic E-state index is 0.0858. The molecule has 1 amide bonds. The van der Waals surface area contributed by atoms with Gasteiger partial charge in [0, 0.05) is 24.2 Å². The van der Waals surface area contributed by atoms with E-state index >= 15 is 0 Å². The van der Waals surface area contributed by atoms with Gasteiger partial charge in [-0.25, -0.2) is 0 Å². The number of amides is 1. The summed E-state index contributed by atoms with van der Waals surface area (Å²) < 4.78 is 11.2. The second-order valence-corrected chi connectivity index (χ2v) is 7.71. The van der Waals surface area contributed by atoms with Gasteiger partial charge in [-0.2, -0.15) is 0 Å². The molecule has 1 saturated heterocycles. The highest BCUT2D eigenvalue weighted by molar-refractivity contribution is 5.95. The number of nitrogens with two attached hydrogens (primary N) is 1. The Hall–Kier alpha value is -2.53. The summed E-state index contributed by atoms with van der Waals surface area (Å²) in [6, 6.07) is 14.5. The second kappa shape index (κ2) is 8.23. The molecule has 2 N–H and O–H groups in total. The summed E-state index contributed by atoms with van der Waals surface area (Å²) in [6.07, 6.45) is 4.02. The van der Waals surface area contributed by atoms with E-state index in [9.17, 15) is 4.79 Å². The molecule has 2 aromatic carbocycles. The van der Waals surface area contributed by atoms with Gasteiger partial charge in [-0.15, -0.1) is 0 Å². The number of nitrogens with zero attached hydrogens (tertiary/aromatic N) is 1. The van der Waals surface area contributed by atoms with Crippen LogP contribution in [0, 0.1) is 0 Å². The lowest BCUT2D eigenvalue weighted by Gasteiger charge is -2.29. The lowest BCUT2D eigenvalue weighted by atomic mass is 10.0. The first-order valence-corrected chi connectivity index (χ1v) is 10.2. The minimum Gasteiger partial charge on any atom is -0.486 e. The van der Waals surface area contributed by atoms with Crippen LogP contribution >= 0.6 is 0 Å². The van der Waals surface area contributed by atoms with Crippen molar-refractivity contribution in [3.63, 3.8) is 0 Å². The lowest BCUT2D eigenvalue weighted by Crippen LogP contribution is -2.40.